The standard InChI is InChI=1S/C4H12N2O/c1-3(2)4(5,6)7/h3,7H,5-6H2,1-2H3. The van der Waals surface area contributed by atoms with Crippen LogP contribution in [-0.4, -0.2) is 11.0 Å². The van der Waals surface area contributed by atoms with Crippen LogP contribution in [-0.2, 0) is 0 Å². The van der Waals surface area contributed by atoms with Crippen LogP contribution in [0.4, 0.5) is 0 Å². The highest BCUT2D eigenvalue weighted by molar-refractivity contribution is 4.63. The number of hydrogen-bond donors (Lipinski definition) is 3. The topological polar surface area (TPSA) is 72.3 Å². The fraction of sp³-hybridized carbons (Fsp3) is 1.00. The van der Waals surface area contributed by atoms with Gasteiger partial charge in [0.15, 0.2) is 5.85 Å². The Morgan fingerprint density at radius 1 is 1.43 bits per heavy atom. The van der Waals surface area contributed by atoms with Gasteiger partial charge in [0.1, 0.15) is 0 Å². The van der Waals surface area contributed by atoms with Crippen molar-refractivity contribution < 1.29 is 5.11 Å². The van der Waals surface area contributed by atoms with Gasteiger partial charge in [-0.05, 0) is 0 Å². The SMILES string of the molecule is CC(C)C(N)(N)O. The van der Waals surface area contributed by atoms with Crippen LogP contribution in [0.25, 0.3) is 0 Å². The Balaban J connectivity index is 3.54. The first kappa shape index (κ1) is 6.88. The Hall–Kier alpha value is -0.120. The van der Waals surface area contributed by atoms with E-state index in [2.05, 4.69) is 0 Å². The van der Waals surface area contributed by atoms with Crippen molar-refractivity contribution in [1.29, 1.82) is 0 Å². The predicted octanol–water partition coefficient (Wildman–Crippen LogP) is -0.794. The van der Waals surface area contributed by atoms with Crippen LogP contribution in [0.1, 0.15) is 13.8 Å². The molecule has 0 heterocycles. The second-order valence-electron chi connectivity index (χ2n) is 2.04. The van der Waals surface area contributed by atoms with Crippen LogP contribution < -0.4 is 11.5 Å². The summed E-state index contributed by atoms with van der Waals surface area (Å²) in [7, 11) is 0. The van der Waals surface area contributed by atoms with Crippen LogP contribution in [0.5, 0.6) is 0 Å². The second kappa shape index (κ2) is 1.78. The highest BCUT2D eigenvalue weighted by atomic mass is 16.3. The van der Waals surface area contributed by atoms with E-state index in [9.17, 15) is 0 Å². The lowest BCUT2D eigenvalue weighted by Gasteiger charge is -2.20. The molecule has 0 aromatic rings. The summed E-state index contributed by atoms with van der Waals surface area (Å²) in [6.45, 7) is 3.50. The summed E-state index contributed by atoms with van der Waals surface area (Å²) in [5, 5.41) is 8.65. The molecule has 5 N–H and O–H groups in total. The van der Waals surface area contributed by atoms with E-state index in [4.69, 9.17) is 16.6 Å². The molecule has 7 heavy (non-hydrogen) atoms. The number of nitrogens with two attached hydrogens (primary N) is 2. The molecular formula is C4H12N2O. The quantitative estimate of drug-likeness (QED) is 0.381. The van der Waals surface area contributed by atoms with E-state index in [0.29, 0.717) is 0 Å². The average molecular weight is 104 g/mol. The van der Waals surface area contributed by atoms with E-state index in [-0.39, 0.29) is 5.92 Å². The lowest BCUT2D eigenvalue weighted by Crippen LogP contribution is -2.53. The fourth-order valence-electron chi connectivity index (χ4n) is 0. The molecule has 0 radical (unpaired) electrons. The van der Waals surface area contributed by atoms with Gasteiger partial charge in [-0.1, -0.05) is 13.8 Å². The van der Waals surface area contributed by atoms with Crippen LogP contribution in [0.2, 0.25) is 0 Å². The monoisotopic (exact) mass is 104 g/mol. The molecule has 0 aliphatic heterocycles. The zero-order chi connectivity index (χ0) is 6.08. The van der Waals surface area contributed by atoms with Gasteiger partial charge in [0, 0.05) is 5.92 Å². The normalized spacial score (nSPS) is 12.9. The third-order valence-corrected chi connectivity index (χ3v) is 0.925. The maximum atomic E-state index is 8.65. The average Bonchev–Trinajstić information content (AvgIpc) is 1.31. The Morgan fingerprint density at radius 2 is 1.57 bits per heavy atom. The summed E-state index contributed by atoms with van der Waals surface area (Å²) in [6.07, 6.45) is 0. The summed E-state index contributed by atoms with van der Waals surface area (Å²) in [4.78, 5) is 0. The zero-order valence-corrected chi connectivity index (χ0v) is 4.68. The van der Waals surface area contributed by atoms with Crippen LogP contribution in [0.15, 0.2) is 0 Å². The van der Waals surface area contributed by atoms with E-state index in [1.54, 1.807) is 13.8 Å². The maximum absolute atomic E-state index is 8.65. The lowest BCUT2D eigenvalue weighted by atomic mass is 10.1. The Labute approximate surface area is 43.3 Å². The largest absolute Gasteiger partial charge is 0.363 e. The Morgan fingerprint density at radius 3 is 1.57 bits per heavy atom. The Kier molecular flexibility index (Phi) is 1.75. The first-order chi connectivity index (χ1) is 2.94. The van der Waals surface area contributed by atoms with E-state index in [1.165, 1.54) is 0 Å². The van der Waals surface area contributed by atoms with Crippen LogP contribution in [0, 0.1) is 5.92 Å². The van der Waals surface area contributed by atoms with Crippen molar-refractivity contribution in [3.63, 3.8) is 0 Å². The molecular weight excluding hydrogens is 92.1 g/mol. The predicted molar refractivity (Wildman–Crippen MR) is 28.2 cm³/mol. The van der Waals surface area contributed by atoms with Gasteiger partial charge in [0.25, 0.3) is 0 Å². The van der Waals surface area contributed by atoms with Crippen molar-refractivity contribution in [2.45, 2.75) is 19.7 Å². The van der Waals surface area contributed by atoms with Gasteiger partial charge in [-0.15, -0.1) is 0 Å². The van der Waals surface area contributed by atoms with Gasteiger partial charge < -0.3 is 5.11 Å². The van der Waals surface area contributed by atoms with Gasteiger partial charge in [-0.2, -0.15) is 0 Å². The van der Waals surface area contributed by atoms with E-state index < -0.39 is 5.85 Å². The van der Waals surface area contributed by atoms with E-state index in [0.717, 1.165) is 0 Å². The molecule has 0 aromatic carbocycles. The minimum Gasteiger partial charge on any atom is -0.363 e. The molecule has 0 amide bonds. The maximum Gasteiger partial charge on any atom is 0.169 e. The van der Waals surface area contributed by atoms with E-state index in [1.807, 2.05) is 0 Å². The third kappa shape index (κ3) is 2.56. The summed E-state index contributed by atoms with van der Waals surface area (Å²) < 4.78 is 0. The zero-order valence-electron chi connectivity index (χ0n) is 4.68. The minimum atomic E-state index is -1.50. The summed E-state index contributed by atoms with van der Waals surface area (Å²) >= 11 is 0. The third-order valence-electron chi connectivity index (χ3n) is 0.925. The van der Waals surface area contributed by atoms with Crippen molar-refractivity contribution >= 4 is 0 Å². The molecule has 0 bridgehead atoms. The first-order valence-corrected chi connectivity index (χ1v) is 2.24. The molecule has 0 saturated heterocycles. The van der Waals surface area contributed by atoms with Gasteiger partial charge in [0.2, 0.25) is 0 Å². The second-order valence-corrected chi connectivity index (χ2v) is 2.04. The molecule has 0 unspecified atom stereocenters. The molecule has 0 atom stereocenters. The number of aliphatic hydroxyl groups is 1. The highest BCUT2D eigenvalue weighted by Gasteiger charge is 2.17. The van der Waals surface area contributed by atoms with Gasteiger partial charge in [-0.3, -0.25) is 11.5 Å². The smallest absolute Gasteiger partial charge is 0.169 e. The summed E-state index contributed by atoms with van der Waals surface area (Å²) in [5.74, 6) is -1.59. The van der Waals surface area contributed by atoms with Crippen molar-refractivity contribution in [2.24, 2.45) is 17.4 Å². The van der Waals surface area contributed by atoms with Gasteiger partial charge >= 0.3 is 0 Å². The molecule has 44 valence electrons. The molecule has 0 aromatic heterocycles. The minimum absolute atomic E-state index is 0.0903. The molecule has 0 rings (SSSR count). The van der Waals surface area contributed by atoms with Crippen LogP contribution >= 0.6 is 0 Å². The van der Waals surface area contributed by atoms with Crippen molar-refractivity contribution in [1.82, 2.24) is 0 Å². The number of rotatable bonds is 1. The summed E-state index contributed by atoms with van der Waals surface area (Å²) in [6, 6.07) is 0. The molecule has 3 nitrogen and oxygen atoms in total. The molecule has 0 aliphatic carbocycles. The fourth-order valence-corrected chi connectivity index (χ4v) is 0. The van der Waals surface area contributed by atoms with Crippen molar-refractivity contribution in [2.75, 3.05) is 0 Å². The number of hydrogen-bond acceptors (Lipinski definition) is 3. The summed E-state index contributed by atoms with van der Waals surface area (Å²) in [5.41, 5.74) is 10.0. The Bertz CT molecular complexity index is 55.2. The van der Waals surface area contributed by atoms with Crippen molar-refractivity contribution in [3.05, 3.63) is 0 Å². The molecule has 0 saturated carbocycles. The highest BCUT2D eigenvalue weighted by Crippen LogP contribution is 2.00. The van der Waals surface area contributed by atoms with E-state index >= 15 is 0 Å². The van der Waals surface area contributed by atoms with Gasteiger partial charge in [-0.25, -0.2) is 0 Å². The molecule has 0 aliphatic rings. The molecule has 0 fully saturated rings. The first-order valence-electron chi connectivity index (χ1n) is 2.24. The lowest BCUT2D eigenvalue weighted by molar-refractivity contribution is 0.00744. The van der Waals surface area contributed by atoms with Crippen molar-refractivity contribution in [3.8, 4) is 0 Å². The molecule has 0 spiro atoms. The molecule has 3 heteroatoms. The van der Waals surface area contributed by atoms with Gasteiger partial charge in [0.05, 0.1) is 0 Å². The van der Waals surface area contributed by atoms with Crippen LogP contribution in [0.3, 0.4) is 0 Å².